The fourth-order valence-electron chi connectivity index (χ4n) is 1.75. The van der Waals surface area contributed by atoms with Gasteiger partial charge < -0.3 is 4.90 Å². The summed E-state index contributed by atoms with van der Waals surface area (Å²) in [6, 6.07) is 8.22. The van der Waals surface area contributed by atoms with Gasteiger partial charge in [-0.15, -0.1) is 6.58 Å². The SMILES string of the molecule is C=CCN1CC(C)=Nc2ccccc21. The van der Waals surface area contributed by atoms with E-state index in [0.717, 1.165) is 24.5 Å². The van der Waals surface area contributed by atoms with Gasteiger partial charge in [-0.1, -0.05) is 18.2 Å². The Morgan fingerprint density at radius 1 is 1.50 bits per heavy atom. The van der Waals surface area contributed by atoms with Crippen LogP contribution in [0.2, 0.25) is 0 Å². The summed E-state index contributed by atoms with van der Waals surface area (Å²) in [4.78, 5) is 6.80. The van der Waals surface area contributed by atoms with Gasteiger partial charge in [0.25, 0.3) is 0 Å². The molecule has 1 aliphatic rings. The van der Waals surface area contributed by atoms with E-state index < -0.39 is 0 Å². The maximum atomic E-state index is 4.52. The average Bonchev–Trinajstić information content (AvgIpc) is 2.18. The van der Waals surface area contributed by atoms with E-state index in [2.05, 4.69) is 29.5 Å². The van der Waals surface area contributed by atoms with Gasteiger partial charge >= 0.3 is 0 Å². The Morgan fingerprint density at radius 2 is 2.29 bits per heavy atom. The van der Waals surface area contributed by atoms with Gasteiger partial charge in [-0.3, -0.25) is 4.99 Å². The second kappa shape index (κ2) is 3.66. The number of nitrogens with zero attached hydrogens (tertiary/aromatic N) is 2. The number of para-hydroxylation sites is 2. The molecule has 1 aliphatic heterocycles. The normalized spacial score (nSPS) is 14.6. The summed E-state index contributed by atoms with van der Waals surface area (Å²) in [5, 5.41) is 0. The summed E-state index contributed by atoms with van der Waals surface area (Å²) in [7, 11) is 0. The first kappa shape index (κ1) is 9.00. The second-order valence-corrected chi connectivity index (χ2v) is 3.50. The van der Waals surface area contributed by atoms with Crippen LogP contribution in [-0.4, -0.2) is 18.8 Å². The van der Waals surface area contributed by atoms with Crippen LogP contribution in [0.4, 0.5) is 11.4 Å². The van der Waals surface area contributed by atoms with Crippen LogP contribution in [0.25, 0.3) is 0 Å². The number of aliphatic imine (C=N–C) groups is 1. The maximum absolute atomic E-state index is 4.52. The molecule has 1 aromatic carbocycles. The largest absolute Gasteiger partial charge is 0.361 e. The van der Waals surface area contributed by atoms with Gasteiger partial charge in [0.05, 0.1) is 17.9 Å². The lowest BCUT2D eigenvalue weighted by atomic mass is 10.2. The molecule has 0 aromatic heterocycles. The van der Waals surface area contributed by atoms with Crippen molar-refractivity contribution in [2.45, 2.75) is 6.92 Å². The summed E-state index contributed by atoms with van der Waals surface area (Å²) in [5.74, 6) is 0. The van der Waals surface area contributed by atoms with Crippen LogP contribution in [0.5, 0.6) is 0 Å². The lowest BCUT2D eigenvalue weighted by Gasteiger charge is -2.28. The van der Waals surface area contributed by atoms with Crippen molar-refractivity contribution in [1.29, 1.82) is 0 Å². The Balaban J connectivity index is 2.42. The summed E-state index contributed by atoms with van der Waals surface area (Å²) in [6.07, 6.45) is 1.93. The van der Waals surface area contributed by atoms with Gasteiger partial charge in [0.15, 0.2) is 0 Å². The van der Waals surface area contributed by atoms with Crippen LogP contribution in [0, 0.1) is 0 Å². The molecule has 0 aliphatic carbocycles. The van der Waals surface area contributed by atoms with E-state index in [1.54, 1.807) is 0 Å². The molecule has 0 atom stereocenters. The van der Waals surface area contributed by atoms with Crippen LogP contribution < -0.4 is 4.90 Å². The number of anilines is 1. The van der Waals surface area contributed by atoms with Crippen LogP contribution in [-0.2, 0) is 0 Å². The number of rotatable bonds is 2. The van der Waals surface area contributed by atoms with Gasteiger partial charge in [-0.2, -0.15) is 0 Å². The highest BCUT2D eigenvalue weighted by molar-refractivity contribution is 5.94. The summed E-state index contributed by atoms with van der Waals surface area (Å²) >= 11 is 0. The Kier molecular flexibility index (Phi) is 2.35. The highest BCUT2D eigenvalue weighted by Crippen LogP contribution is 2.31. The molecule has 14 heavy (non-hydrogen) atoms. The zero-order valence-electron chi connectivity index (χ0n) is 8.40. The first-order chi connectivity index (χ1) is 6.81. The van der Waals surface area contributed by atoms with Crippen LogP contribution in [0.3, 0.4) is 0 Å². The van der Waals surface area contributed by atoms with Crippen molar-refractivity contribution in [2.75, 3.05) is 18.0 Å². The Bertz CT molecular complexity index is 380. The molecule has 72 valence electrons. The zero-order chi connectivity index (χ0) is 9.97. The highest BCUT2D eigenvalue weighted by atomic mass is 15.2. The second-order valence-electron chi connectivity index (χ2n) is 3.50. The van der Waals surface area contributed by atoms with E-state index in [1.165, 1.54) is 5.69 Å². The Morgan fingerprint density at radius 3 is 3.07 bits per heavy atom. The number of fused-ring (bicyclic) bond motifs is 1. The van der Waals surface area contributed by atoms with Crippen molar-refractivity contribution in [3.63, 3.8) is 0 Å². The Hall–Kier alpha value is -1.57. The van der Waals surface area contributed by atoms with E-state index in [1.807, 2.05) is 24.3 Å². The smallest absolute Gasteiger partial charge is 0.0863 e. The molecule has 0 spiro atoms. The summed E-state index contributed by atoms with van der Waals surface area (Å²) in [6.45, 7) is 7.62. The zero-order valence-corrected chi connectivity index (χ0v) is 8.40. The van der Waals surface area contributed by atoms with E-state index >= 15 is 0 Å². The minimum absolute atomic E-state index is 0.879. The molecule has 0 saturated carbocycles. The van der Waals surface area contributed by atoms with Gasteiger partial charge in [-0.05, 0) is 19.1 Å². The molecule has 0 bridgehead atoms. The average molecular weight is 186 g/mol. The fraction of sp³-hybridized carbons (Fsp3) is 0.250. The molecular weight excluding hydrogens is 172 g/mol. The van der Waals surface area contributed by atoms with E-state index in [9.17, 15) is 0 Å². The fourth-order valence-corrected chi connectivity index (χ4v) is 1.75. The van der Waals surface area contributed by atoms with Crippen molar-refractivity contribution in [3.05, 3.63) is 36.9 Å². The molecule has 1 heterocycles. The van der Waals surface area contributed by atoms with Crippen LogP contribution in [0.15, 0.2) is 41.9 Å². The van der Waals surface area contributed by atoms with Gasteiger partial charge in [0, 0.05) is 12.3 Å². The first-order valence-electron chi connectivity index (χ1n) is 4.80. The third kappa shape index (κ3) is 1.55. The molecule has 0 fully saturated rings. The minimum Gasteiger partial charge on any atom is -0.361 e. The lowest BCUT2D eigenvalue weighted by molar-refractivity contribution is 0.959. The van der Waals surface area contributed by atoms with E-state index in [0.29, 0.717) is 0 Å². The van der Waals surface area contributed by atoms with Gasteiger partial charge in [0.1, 0.15) is 0 Å². The molecule has 2 rings (SSSR count). The molecule has 0 saturated heterocycles. The topological polar surface area (TPSA) is 15.6 Å². The molecule has 0 N–H and O–H groups in total. The third-order valence-electron chi connectivity index (χ3n) is 2.30. The van der Waals surface area contributed by atoms with E-state index in [-0.39, 0.29) is 0 Å². The van der Waals surface area contributed by atoms with Gasteiger partial charge in [-0.25, -0.2) is 0 Å². The Labute approximate surface area is 84.6 Å². The number of benzene rings is 1. The quantitative estimate of drug-likeness (QED) is 0.648. The monoisotopic (exact) mass is 186 g/mol. The standard InChI is InChI=1S/C12H14N2/c1-3-8-14-9-10(2)13-11-6-4-5-7-12(11)14/h3-7H,1,8-9H2,2H3. The molecule has 0 unspecified atom stereocenters. The van der Waals surface area contributed by atoms with Crippen molar-refractivity contribution in [3.8, 4) is 0 Å². The molecule has 2 heteroatoms. The predicted octanol–water partition coefficient (Wildman–Crippen LogP) is 2.79. The van der Waals surface area contributed by atoms with Crippen LogP contribution in [0.1, 0.15) is 6.92 Å². The predicted molar refractivity (Wildman–Crippen MR) is 61.6 cm³/mol. The molecule has 1 aromatic rings. The number of hydrogen-bond acceptors (Lipinski definition) is 2. The van der Waals surface area contributed by atoms with Crippen molar-refractivity contribution in [1.82, 2.24) is 0 Å². The number of hydrogen-bond donors (Lipinski definition) is 0. The van der Waals surface area contributed by atoms with Crippen molar-refractivity contribution in [2.24, 2.45) is 4.99 Å². The summed E-state index contributed by atoms with van der Waals surface area (Å²) in [5.41, 5.74) is 3.43. The summed E-state index contributed by atoms with van der Waals surface area (Å²) < 4.78 is 0. The van der Waals surface area contributed by atoms with Crippen LogP contribution >= 0.6 is 0 Å². The highest BCUT2D eigenvalue weighted by Gasteiger charge is 2.14. The first-order valence-corrected chi connectivity index (χ1v) is 4.80. The van der Waals surface area contributed by atoms with E-state index in [4.69, 9.17) is 0 Å². The van der Waals surface area contributed by atoms with Crippen molar-refractivity contribution >= 4 is 17.1 Å². The minimum atomic E-state index is 0.879. The molecule has 0 radical (unpaired) electrons. The lowest BCUT2D eigenvalue weighted by Crippen LogP contribution is -2.31. The maximum Gasteiger partial charge on any atom is 0.0863 e. The van der Waals surface area contributed by atoms with Gasteiger partial charge in [0.2, 0.25) is 0 Å². The molecule has 2 nitrogen and oxygen atoms in total. The molecule has 0 amide bonds. The molecular formula is C12H14N2. The third-order valence-corrected chi connectivity index (χ3v) is 2.30. The van der Waals surface area contributed by atoms with Crippen molar-refractivity contribution < 1.29 is 0 Å².